The van der Waals surface area contributed by atoms with E-state index in [1.807, 2.05) is 36.4 Å². The highest BCUT2D eigenvalue weighted by Crippen LogP contribution is 2.38. The highest BCUT2D eigenvalue weighted by atomic mass is 79.9. The van der Waals surface area contributed by atoms with E-state index in [4.69, 9.17) is 0 Å². The van der Waals surface area contributed by atoms with Crippen molar-refractivity contribution in [1.29, 1.82) is 0 Å². The SMILES string of the molecule is BrC1Cc2ccccc2N=Nc2ccccc21. The van der Waals surface area contributed by atoms with Gasteiger partial charge in [0.25, 0.3) is 0 Å². The number of hydrogen-bond acceptors (Lipinski definition) is 2. The van der Waals surface area contributed by atoms with Gasteiger partial charge in [0, 0.05) is 4.83 Å². The number of fused-ring (bicyclic) bond motifs is 2. The highest BCUT2D eigenvalue weighted by molar-refractivity contribution is 9.09. The van der Waals surface area contributed by atoms with Gasteiger partial charge in [-0.05, 0) is 29.7 Å². The summed E-state index contributed by atoms with van der Waals surface area (Å²) in [7, 11) is 0. The smallest absolute Gasteiger partial charge is 0.0900 e. The molecule has 84 valence electrons. The predicted octanol–water partition coefficient (Wildman–Crippen LogP) is 5.09. The Labute approximate surface area is 109 Å². The number of alkyl halides is 1. The van der Waals surface area contributed by atoms with Gasteiger partial charge in [-0.3, -0.25) is 0 Å². The van der Waals surface area contributed by atoms with Crippen LogP contribution in [0.3, 0.4) is 0 Å². The molecule has 1 aliphatic rings. The Bertz CT molecular complexity index is 578. The van der Waals surface area contributed by atoms with Crippen molar-refractivity contribution in [3.63, 3.8) is 0 Å². The summed E-state index contributed by atoms with van der Waals surface area (Å²) in [6.45, 7) is 0. The lowest BCUT2D eigenvalue weighted by Gasteiger charge is -2.16. The van der Waals surface area contributed by atoms with E-state index < -0.39 is 0 Å². The maximum absolute atomic E-state index is 4.33. The molecule has 17 heavy (non-hydrogen) atoms. The maximum Gasteiger partial charge on any atom is 0.0900 e. The first kappa shape index (κ1) is 10.7. The van der Waals surface area contributed by atoms with Crippen LogP contribution < -0.4 is 0 Å². The van der Waals surface area contributed by atoms with Crippen LogP contribution in [0.15, 0.2) is 58.8 Å². The first-order valence-corrected chi connectivity index (χ1v) is 6.49. The molecule has 1 aliphatic heterocycles. The molecule has 0 spiro atoms. The Morgan fingerprint density at radius 2 is 1.53 bits per heavy atom. The maximum atomic E-state index is 4.33. The Morgan fingerprint density at radius 3 is 2.41 bits per heavy atom. The molecule has 0 fully saturated rings. The van der Waals surface area contributed by atoms with Crippen LogP contribution in [0.1, 0.15) is 16.0 Å². The average Bonchev–Trinajstić information content (AvgIpc) is 2.36. The zero-order valence-electron chi connectivity index (χ0n) is 9.18. The summed E-state index contributed by atoms with van der Waals surface area (Å²) >= 11 is 3.74. The number of halogens is 1. The molecule has 0 radical (unpaired) electrons. The average molecular weight is 287 g/mol. The second kappa shape index (κ2) is 4.41. The van der Waals surface area contributed by atoms with Crippen LogP contribution >= 0.6 is 15.9 Å². The molecule has 1 unspecified atom stereocenters. The van der Waals surface area contributed by atoms with Crippen molar-refractivity contribution >= 4 is 27.3 Å². The summed E-state index contributed by atoms with van der Waals surface area (Å²) in [5, 5.41) is 8.66. The van der Waals surface area contributed by atoms with Crippen LogP contribution in [-0.2, 0) is 6.42 Å². The molecule has 0 aromatic heterocycles. The molecular weight excluding hydrogens is 276 g/mol. The molecule has 2 aromatic carbocycles. The van der Waals surface area contributed by atoms with Gasteiger partial charge in [-0.15, -0.1) is 0 Å². The van der Waals surface area contributed by atoms with E-state index in [1.54, 1.807) is 0 Å². The topological polar surface area (TPSA) is 24.7 Å². The molecule has 3 rings (SSSR count). The summed E-state index contributed by atoms with van der Waals surface area (Å²) in [5.74, 6) is 0. The van der Waals surface area contributed by atoms with Crippen LogP contribution in [0.5, 0.6) is 0 Å². The third-order valence-electron chi connectivity index (χ3n) is 2.93. The minimum absolute atomic E-state index is 0.291. The molecule has 1 heterocycles. The second-order valence-electron chi connectivity index (χ2n) is 4.06. The molecule has 0 N–H and O–H groups in total. The van der Waals surface area contributed by atoms with E-state index in [1.165, 1.54) is 11.1 Å². The van der Waals surface area contributed by atoms with Gasteiger partial charge < -0.3 is 0 Å². The fraction of sp³-hybridized carbons (Fsp3) is 0.143. The molecule has 0 saturated carbocycles. The lowest BCUT2D eigenvalue weighted by atomic mass is 10.0. The van der Waals surface area contributed by atoms with Gasteiger partial charge in [0.1, 0.15) is 0 Å². The molecular formula is C14H11BrN2. The van der Waals surface area contributed by atoms with Gasteiger partial charge in [-0.1, -0.05) is 52.3 Å². The third kappa shape index (κ3) is 2.03. The zero-order valence-corrected chi connectivity index (χ0v) is 10.8. The normalized spacial score (nSPS) is 17.8. The van der Waals surface area contributed by atoms with E-state index in [0.717, 1.165) is 17.8 Å². The first-order chi connectivity index (χ1) is 8.34. The number of hydrogen-bond donors (Lipinski definition) is 0. The zero-order chi connectivity index (χ0) is 11.7. The van der Waals surface area contributed by atoms with Crippen molar-refractivity contribution in [2.24, 2.45) is 10.2 Å². The first-order valence-electron chi connectivity index (χ1n) is 5.57. The van der Waals surface area contributed by atoms with Crippen molar-refractivity contribution < 1.29 is 0 Å². The quantitative estimate of drug-likeness (QED) is 0.603. The molecule has 0 bridgehead atoms. The molecule has 2 nitrogen and oxygen atoms in total. The Hall–Kier alpha value is -1.48. The van der Waals surface area contributed by atoms with Crippen LogP contribution in [-0.4, -0.2) is 0 Å². The molecule has 0 amide bonds. The van der Waals surface area contributed by atoms with Gasteiger partial charge in [0.2, 0.25) is 0 Å². The van der Waals surface area contributed by atoms with Crippen LogP contribution in [0.25, 0.3) is 0 Å². The molecule has 0 saturated heterocycles. The van der Waals surface area contributed by atoms with Crippen LogP contribution in [0, 0.1) is 0 Å². The second-order valence-corrected chi connectivity index (χ2v) is 5.16. The molecule has 3 heteroatoms. The number of rotatable bonds is 0. The summed E-state index contributed by atoms with van der Waals surface area (Å²) in [4.78, 5) is 0.291. The highest BCUT2D eigenvalue weighted by Gasteiger charge is 2.16. The van der Waals surface area contributed by atoms with Gasteiger partial charge in [-0.2, -0.15) is 10.2 Å². The Kier molecular flexibility index (Phi) is 2.77. The third-order valence-corrected chi connectivity index (χ3v) is 3.75. The van der Waals surface area contributed by atoms with Crippen LogP contribution in [0.4, 0.5) is 11.4 Å². The lowest BCUT2D eigenvalue weighted by molar-refractivity contribution is 0.926. The van der Waals surface area contributed by atoms with Gasteiger partial charge in [-0.25, -0.2) is 0 Å². The van der Waals surface area contributed by atoms with Crippen LogP contribution in [0.2, 0.25) is 0 Å². The van der Waals surface area contributed by atoms with Crippen molar-refractivity contribution in [2.75, 3.05) is 0 Å². The Balaban J connectivity index is 2.16. The Morgan fingerprint density at radius 1 is 0.882 bits per heavy atom. The summed E-state index contributed by atoms with van der Waals surface area (Å²) in [6.07, 6.45) is 0.937. The molecule has 0 aliphatic carbocycles. The van der Waals surface area contributed by atoms with Crippen molar-refractivity contribution in [2.45, 2.75) is 11.2 Å². The van der Waals surface area contributed by atoms with E-state index in [0.29, 0.717) is 4.83 Å². The van der Waals surface area contributed by atoms with E-state index in [9.17, 15) is 0 Å². The summed E-state index contributed by atoms with van der Waals surface area (Å²) in [5.41, 5.74) is 4.34. The van der Waals surface area contributed by atoms with Crippen molar-refractivity contribution in [3.8, 4) is 0 Å². The number of nitrogens with zero attached hydrogens (tertiary/aromatic N) is 2. The lowest BCUT2D eigenvalue weighted by Crippen LogP contribution is -1.97. The van der Waals surface area contributed by atoms with Gasteiger partial charge in [0.15, 0.2) is 0 Å². The molecule has 1 atom stereocenters. The fourth-order valence-electron chi connectivity index (χ4n) is 2.04. The van der Waals surface area contributed by atoms with E-state index >= 15 is 0 Å². The summed E-state index contributed by atoms with van der Waals surface area (Å²) in [6, 6.07) is 16.3. The predicted molar refractivity (Wildman–Crippen MR) is 72.4 cm³/mol. The van der Waals surface area contributed by atoms with Crippen molar-refractivity contribution in [3.05, 3.63) is 59.7 Å². The number of azo groups is 1. The monoisotopic (exact) mass is 286 g/mol. The minimum Gasteiger partial charge on any atom is -0.150 e. The largest absolute Gasteiger partial charge is 0.150 e. The standard InChI is InChI=1S/C14H11BrN2/c15-12-9-10-5-1-3-7-13(10)16-17-14-8-4-2-6-11(12)14/h1-8,12H,9H2. The number of benzene rings is 2. The molecule has 2 aromatic rings. The van der Waals surface area contributed by atoms with Gasteiger partial charge in [0.05, 0.1) is 11.4 Å². The van der Waals surface area contributed by atoms with Gasteiger partial charge >= 0.3 is 0 Å². The summed E-state index contributed by atoms with van der Waals surface area (Å²) < 4.78 is 0. The van der Waals surface area contributed by atoms with Crippen molar-refractivity contribution in [1.82, 2.24) is 0 Å². The van der Waals surface area contributed by atoms with E-state index in [-0.39, 0.29) is 0 Å². The fourth-order valence-corrected chi connectivity index (χ4v) is 2.77. The minimum atomic E-state index is 0.291. The van der Waals surface area contributed by atoms with E-state index in [2.05, 4.69) is 38.3 Å².